The first kappa shape index (κ1) is 13.5. The number of ether oxygens (including phenoxy) is 1. The van der Waals surface area contributed by atoms with Gasteiger partial charge >= 0.3 is 0 Å². The van der Waals surface area contributed by atoms with Crippen molar-refractivity contribution < 1.29 is 4.74 Å². The predicted octanol–water partition coefficient (Wildman–Crippen LogP) is 4.84. The van der Waals surface area contributed by atoms with E-state index in [0.717, 1.165) is 10.7 Å². The SMILES string of the molecule is CCC1CCc2sc3ncnc(OC4CCCCC4)c3c21. The minimum absolute atomic E-state index is 0.355. The quantitative estimate of drug-likeness (QED) is 0.813. The molecule has 1 atom stereocenters. The van der Waals surface area contributed by atoms with Crippen molar-refractivity contribution >= 4 is 21.6 Å². The summed E-state index contributed by atoms with van der Waals surface area (Å²) in [6.07, 6.45) is 12.0. The molecule has 4 rings (SSSR count). The summed E-state index contributed by atoms with van der Waals surface area (Å²) < 4.78 is 6.30. The Morgan fingerprint density at radius 3 is 2.86 bits per heavy atom. The van der Waals surface area contributed by atoms with Crippen molar-refractivity contribution in [3.8, 4) is 5.88 Å². The maximum absolute atomic E-state index is 6.30. The standard InChI is InChI=1S/C17H22N2OS/c1-2-11-8-9-13-14(11)15-16(18-10-19-17(15)21-13)20-12-6-4-3-5-7-12/h10-12H,2-9H2,1H3. The van der Waals surface area contributed by atoms with E-state index in [9.17, 15) is 0 Å². The van der Waals surface area contributed by atoms with Crippen molar-refractivity contribution in [1.82, 2.24) is 9.97 Å². The molecule has 2 aromatic rings. The van der Waals surface area contributed by atoms with E-state index in [-0.39, 0.29) is 0 Å². The van der Waals surface area contributed by atoms with Gasteiger partial charge < -0.3 is 4.74 Å². The lowest BCUT2D eigenvalue weighted by Crippen LogP contribution is -2.20. The van der Waals surface area contributed by atoms with E-state index in [0.29, 0.717) is 12.0 Å². The average Bonchev–Trinajstić information content (AvgIpc) is 3.07. The molecule has 1 fully saturated rings. The van der Waals surface area contributed by atoms with Gasteiger partial charge in [-0.25, -0.2) is 9.97 Å². The Morgan fingerprint density at radius 2 is 2.05 bits per heavy atom. The zero-order chi connectivity index (χ0) is 14.2. The predicted molar refractivity (Wildman–Crippen MR) is 86.3 cm³/mol. The molecule has 0 spiro atoms. The highest BCUT2D eigenvalue weighted by Gasteiger charge is 2.29. The molecule has 0 N–H and O–H groups in total. The van der Waals surface area contributed by atoms with Crippen LogP contribution in [0.15, 0.2) is 6.33 Å². The highest BCUT2D eigenvalue weighted by Crippen LogP contribution is 2.47. The second-order valence-corrected chi connectivity index (χ2v) is 7.40. The van der Waals surface area contributed by atoms with E-state index in [1.54, 1.807) is 6.33 Å². The lowest BCUT2D eigenvalue weighted by molar-refractivity contribution is 0.150. The molecule has 2 aliphatic carbocycles. The van der Waals surface area contributed by atoms with Crippen molar-refractivity contribution in [2.45, 2.75) is 70.3 Å². The van der Waals surface area contributed by atoms with Crippen LogP contribution in [0.25, 0.3) is 10.2 Å². The summed E-state index contributed by atoms with van der Waals surface area (Å²) in [7, 11) is 0. The summed E-state index contributed by atoms with van der Waals surface area (Å²) in [4.78, 5) is 11.6. The molecular formula is C17H22N2OS. The third-order valence-electron chi connectivity index (χ3n) is 5.02. The second-order valence-electron chi connectivity index (χ2n) is 6.32. The molecule has 0 radical (unpaired) electrons. The number of nitrogens with zero attached hydrogens (tertiary/aromatic N) is 2. The lowest BCUT2D eigenvalue weighted by Gasteiger charge is -2.23. The topological polar surface area (TPSA) is 35.0 Å². The van der Waals surface area contributed by atoms with Crippen LogP contribution in [-0.2, 0) is 6.42 Å². The molecule has 0 amide bonds. The van der Waals surface area contributed by atoms with Crippen LogP contribution < -0.4 is 4.74 Å². The van der Waals surface area contributed by atoms with Gasteiger partial charge in [0.15, 0.2) is 0 Å². The van der Waals surface area contributed by atoms with E-state index >= 15 is 0 Å². The average molecular weight is 302 g/mol. The number of thiophene rings is 1. The van der Waals surface area contributed by atoms with Crippen LogP contribution in [0.3, 0.4) is 0 Å². The normalized spacial score (nSPS) is 22.6. The Hall–Kier alpha value is -1.16. The van der Waals surface area contributed by atoms with E-state index < -0.39 is 0 Å². The Morgan fingerprint density at radius 1 is 1.19 bits per heavy atom. The Balaban J connectivity index is 1.74. The smallest absolute Gasteiger partial charge is 0.225 e. The van der Waals surface area contributed by atoms with Crippen molar-refractivity contribution in [3.05, 3.63) is 16.8 Å². The van der Waals surface area contributed by atoms with Gasteiger partial charge in [-0.15, -0.1) is 11.3 Å². The van der Waals surface area contributed by atoms with Crippen molar-refractivity contribution in [3.63, 3.8) is 0 Å². The van der Waals surface area contributed by atoms with Gasteiger partial charge in [0, 0.05) is 4.88 Å². The molecule has 1 unspecified atom stereocenters. The first-order valence-corrected chi connectivity index (χ1v) is 9.11. The molecule has 112 valence electrons. The van der Waals surface area contributed by atoms with Gasteiger partial charge in [0.25, 0.3) is 0 Å². The van der Waals surface area contributed by atoms with E-state index in [4.69, 9.17) is 4.74 Å². The minimum Gasteiger partial charge on any atom is -0.474 e. The van der Waals surface area contributed by atoms with Crippen LogP contribution in [0, 0.1) is 0 Å². The summed E-state index contributed by atoms with van der Waals surface area (Å²) >= 11 is 1.85. The van der Waals surface area contributed by atoms with Gasteiger partial charge in [-0.2, -0.15) is 0 Å². The molecule has 1 saturated carbocycles. The number of hydrogen-bond donors (Lipinski definition) is 0. The Kier molecular flexibility index (Phi) is 3.57. The summed E-state index contributed by atoms with van der Waals surface area (Å²) in [5.74, 6) is 1.53. The molecule has 2 aliphatic rings. The molecule has 2 heterocycles. The van der Waals surface area contributed by atoms with Crippen LogP contribution in [0.2, 0.25) is 0 Å². The number of aromatic nitrogens is 2. The molecule has 0 bridgehead atoms. The fourth-order valence-corrected chi connectivity index (χ4v) is 5.11. The summed E-state index contributed by atoms with van der Waals surface area (Å²) in [5.41, 5.74) is 1.50. The van der Waals surface area contributed by atoms with Crippen molar-refractivity contribution in [2.24, 2.45) is 0 Å². The zero-order valence-electron chi connectivity index (χ0n) is 12.6. The van der Waals surface area contributed by atoms with Crippen LogP contribution in [0.1, 0.15) is 68.2 Å². The Bertz CT molecular complexity index is 646. The highest BCUT2D eigenvalue weighted by atomic mass is 32.1. The van der Waals surface area contributed by atoms with Crippen molar-refractivity contribution in [1.29, 1.82) is 0 Å². The van der Waals surface area contributed by atoms with Gasteiger partial charge in [0.05, 0.1) is 5.39 Å². The first-order chi connectivity index (χ1) is 10.4. The molecule has 3 nitrogen and oxygen atoms in total. The van der Waals surface area contributed by atoms with Gasteiger partial charge in [-0.3, -0.25) is 0 Å². The maximum atomic E-state index is 6.30. The third-order valence-corrected chi connectivity index (χ3v) is 6.19. The van der Waals surface area contributed by atoms with Gasteiger partial charge in [-0.05, 0) is 56.4 Å². The number of aryl methyl sites for hydroxylation is 1. The first-order valence-electron chi connectivity index (χ1n) is 8.29. The van der Waals surface area contributed by atoms with Crippen LogP contribution in [-0.4, -0.2) is 16.1 Å². The van der Waals surface area contributed by atoms with Crippen LogP contribution in [0.5, 0.6) is 5.88 Å². The van der Waals surface area contributed by atoms with Crippen LogP contribution >= 0.6 is 11.3 Å². The monoisotopic (exact) mass is 302 g/mol. The molecule has 4 heteroatoms. The highest BCUT2D eigenvalue weighted by molar-refractivity contribution is 7.19. The largest absolute Gasteiger partial charge is 0.474 e. The van der Waals surface area contributed by atoms with Gasteiger partial charge in [0.2, 0.25) is 5.88 Å². The van der Waals surface area contributed by atoms with E-state index in [1.807, 2.05) is 11.3 Å². The van der Waals surface area contributed by atoms with E-state index in [1.165, 1.54) is 67.2 Å². The minimum atomic E-state index is 0.355. The van der Waals surface area contributed by atoms with E-state index in [2.05, 4.69) is 16.9 Å². The Labute approximate surface area is 129 Å². The van der Waals surface area contributed by atoms with Crippen LogP contribution in [0.4, 0.5) is 0 Å². The molecule has 0 aliphatic heterocycles. The summed E-state index contributed by atoms with van der Waals surface area (Å²) in [6, 6.07) is 0. The number of rotatable bonds is 3. The molecule has 0 saturated heterocycles. The number of fused-ring (bicyclic) bond motifs is 3. The second kappa shape index (κ2) is 5.56. The molecule has 21 heavy (non-hydrogen) atoms. The molecule has 2 aromatic heterocycles. The van der Waals surface area contributed by atoms with Crippen molar-refractivity contribution in [2.75, 3.05) is 0 Å². The lowest BCUT2D eigenvalue weighted by atomic mass is 9.97. The van der Waals surface area contributed by atoms with Gasteiger partial charge in [-0.1, -0.05) is 13.3 Å². The third kappa shape index (κ3) is 2.33. The maximum Gasteiger partial charge on any atom is 0.225 e. The number of hydrogen-bond acceptors (Lipinski definition) is 4. The molecule has 0 aromatic carbocycles. The summed E-state index contributed by atoms with van der Waals surface area (Å²) in [5, 5.41) is 1.23. The fourth-order valence-electron chi connectivity index (χ4n) is 3.88. The zero-order valence-corrected chi connectivity index (χ0v) is 13.4. The molecular weight excluding hydrogens is 280 g/mol. The fraction of sp³-hybridized carbons (Fsp3) is 0.647. The van der Waals surface area contributed by atoms with Gasteiger partial charge in [0.1, 0.15) is 17.3 Å². The summed E-state index contributed by atoms with van der Waals surface area (Å²) in [6.45, 7) is 2.29.